The topological polar surface area (TPSA) is 53.1 Å². The molecule has 3 nitrogen and oxygen atoms in total. The highest BCUT2D eigenvalue weighted by Gasteiger charge is 2.14. The maximum atomic E-state index is 12.2. The zero-order chi connectivity index (χ0) is 13.4. The largest absolute Gasteiger partial charge is 0.392 e. The van der Waals surface area contributed by atoms with E-state index in [9.17, 15) is 9.90 Å². The molecule has 2 heterocycles. The average Bonchev–Trinajstić information content (AvgIpc) is 2.91. The number of nitrogens with one attached hydrogen (secondary N) is 1. The molecule has 19 heavy (non-hydrogen) atoms. The summed E-state index contributed by atoms with van der Waals surface area (Å²) in [5.41, 5.74) is 1.80. The fourth-order valence-corrected chi connectivity index (χ4v) is 3.33. The van der Waals surface area contributed by atoms with Gasteiger partial charge in [0.15, 0.2) is 0 Å². The van der Waals surface area contributed by atoms with Gasteiger partial charge in [-0.25, -0.2) is 0 Å². The Hall–Kier alpha value is -1.43. The fourth-order valence-electron chi connectivity index (χ4n) is 2.18. The van der Waals surface area contributed by atoms with Crippen LogP contribution >= 0.6 is 27.3 Å². The van der Waals surface area contributed by atoms with Gasteiger partial charge in [-0.3, -0.25) is 4.79 Å². The summed E-state index contributed by atoms with van der Waals surface area (Å²) in [7, 11) is 0. The van der Waals surface area contributed by atoms with Crippen molar-refractivity contribution in [2.24, 2.45) is 0 Å². The normalized spacial score (nSPS) is 11.1. The molecule has 0 atom stereocenters. The molecule has 0 amide bonds. The first-order chi connectivity index (χ1) is 9.20. The molecule has 5 heteroatoms. The van der Waals surface area contributed by atoms with Crippen LogP contribution < -0.4 is 5.56 Å². The molecule has 0 saturated heterocycles. The van der Waals surface area contributed by atoms with Crippen LogP contribution in [-0.2, 0) is 6.61 Å². The number of hydrogen-bond acceptors (Lipinski definition) is 3. The summed E-state index contributed by atoms with van der Waals surface area (Å²) in [6.07, 6.45) is 0. The van der Waals surface area contributed by atoms with Gasteiger partial charge in [-0.15, -0.1) is 11.3 Å². The Labute approximate surface area is 121 Å². The van der Waals surface area contributed by atoms with E-state index in [0.717, 1.165) is 20.3 Å². The predicted octanol–water partition coefficient (Wildman–Crippen LogP) is 3.51. The van der Waals surface area contributed by atoms with Gasteiger partial charge < -0.3 is 10.1 Å². The molecule has 0 spiro atoms. The van der Waals surface area contributed by atoms with E-state index in [1.54, 1.807) is 0 Å². The van der Waals surface area contributed by atoms with E-state index in [0.29, 0.717) is 11.1 Å². The summed E-state index contributed by atoms with van der Waals surface area (Å²) in [4.78, 5) is 16.0. The number of aliphatic hydroxyl groups is 1. The van der Waals surface area contributed by atoms with Crippen molar-refractivity contribution in [3.8, 4) is 10.4 Å². The van der Waals surface area contributed by atoms with Gasteiger partial charge in [0.2, 0.25) is 0 Å². The lowest BCUT2D eigenvalue weighted by Crippen LogP contribution is -2.12. The Morgan fingerprint density at radius 3 is 2.84 bits per heavy atom. The molecule has 3 rings (SSSR count). The molecule has 0 aliphatic rings. The second-order valence-corrected chi connectivity index (χ2v) is 6.00. The zero-order valence-corrected chi connectivity index (χ0v) is 12.2. The fraction of sp³-hybridized carbons (Fsp3) is 0.0714. The Morgan fingerprint density at radius 2 is 2.16 bits per heavy atom. The van der Waals surface area contributed by atoms with Crippen LogP contribution in [0.3, 0.4) is 0 Å². The predicted molar refractivity (Wildman–Crippen MR) is 81.5 cm³/mol. The van der Waals surface area contributed by atoms with Crippen LogP contribution in [0.4, 0.5) is 0 Å². The highest BCUT2D eigenvalue weighted by atomic mass is 79.9. The summed E-state index contributed by atoms with van der Waals surface area (Å²) in [5, 5.41) is 12.4. The number of rotatable bonds is 2. The van der Waals surface area contributed by atoms with Crippen LogP contribution in [0, 0.1) is 0 Å². The molecule has 0 saturated carbocycles. The minimum absolute atomic E-state index is 0.163. The van der Waals surface area contributed by atoms with Crippen molar-refractivity contribution in [3.63, 3.8) is 0 Å². The van der Waals surface area contributed by atoms with E-state index in [2.05, 4.69) is 20.9 Å². The zero-order valence-electron chi connectivity index (χ0n) is 9.81. The number of thiophene rings is 1. The second-order valence-electron chi connectivity index (χ2n) is 4.13. The van der Waals surface area contributed by atoms with Gasteiger partial charge in [0.25, 0.3) is 5.56 Å². The third-order valence-corrected chi connectivity index (χ3v) is 4.39. The Balaban J connectivity index is 2.45. The standard InChI is InChI=1S/C14H10BrNO2S/c15-8-3-4-11-9(6-8)10(7-17)13(14(18)16-11)12-2-1-5-19-12/h1-6,17H,7H2,(H,16,18). The molecule has 0 unspecified atom stereocenters. The van der Waals surface area contributed by atoms with E-state index in [4.69, 9.17) is 0 Å². The lowest BCUT2D eigenvalue weighted by Gasteiger charge is -2.09. The molecular formula is C14H10BrNO2S. The van der Waals surface area contributed by atoms with Gasteiger partial charge in [0, 0.05) is 25.8 Å². The van der Waals surface area contributed by atoms with Crippen LogP contribution in [-0.4, -0.2) is 10.1 Å². The first-order valence-electron chi connectivity index (χ1n) is 5.70. The van der Waals surface area contributed by atoms with Crippen molar-refractivity contribution >= 4 is 38.2 Å². The average molecular weight is 336 g/mol. The molecule has 3 aromatic rings. The molecule has 0 aliphatic heterocycles. The van der Waals surface area contributed by atoms with Crippen molar-refractivity contribution in [2.45, 2.75) is 6.61 Å². The number of halogens is 1. The lowest BCUT2D eigenvalue weighted by atomic mass is 10.0. The Bertz CT molecular complexity index is 793. The number of pyridine rings is 1. The number of aliphatic hydroxyl groups excluding tert-OH is 1. The first-order valence-corrected chi connectivity index (χ1v) is 7.37. The number of aromatic amines is 1. The first kappa shape index (κ1) is 12.6. The SMILES string of the molecule is O=c1[nH]c2ccc(Br)cc2c(CO)c1-c1cccs1. The third kappa shape index (κ3) is 2.14. The maximum Gasteiger partial charge on any atom is 0.257 e. The van der Waals surface area contributed by atoms with E-state index in [1.807, 2.05) is 35.7 Å². The summed E-state index contributed by atoms with van der Waals surface area (Å²) in [6.45, 7) is -0.163. The van der Waals surface area contributed by atoms with Gasteiger partial charge in [0.1, 0.15) is 0 Å². The highest BCUT2D eigenvalue weighted by Crippen LogP contribution is 2.30. The second kappa shape index (κ2) is 4.92. The lowest BCUT2D eigenvalue weighted by molar-refractivity contribution is 0.283. The smallest absolute Gasteiger partial charge is 0.257 e. The molecular weight excluding hydrogens is 326 g/mol. The van der Waals surface area contributed by atoms with Gasteiger partial charge in [0.05, 0.1) is 12.2 Å². The summed E-state index contributed by atoms with van der Waals surface area (Å²) in [6, 6.07) is 9.39. The third-order valence-electron chi connectivity index (χ3n) is 3.01. The van der Waals surface area contributed by atoms with Crippen molar-refractivity contribution in [1.29, 1.82) is 0 Å². The summed E-state index contributed by atoms with van der Waals surface area (Å²) in [5.74, 6) is 0. The number of fused-ring (bicyclic) bond motifs is 1. The van der Waals surface area contributed by atoms with Gasteiger partial charge in [-0.2, -0.15) is 0 Å². The van der Waals surface area contributed by atoms with E-state index >= 15 is 0 Å². The molecule has 2 aromatic heterocycles. The van der Waals surface area contributed by atoms with E-state index in [-0.39, 0.29) is 12.2 Å². The Morgan fingerprint density at radius 1 is 1.32 bits per heavy atom. The molecule has 0 radical (unpaired) electrons. The number of H-pyrrole nitrogens is 1. The van der Waals surface area contributed by atoms with Gasteiger partial charge >= 0.3 is 0 Å². The van der Waals surface area contributed by atoms with Crippen LogP contribution in [0.15, 0.2) is 45.0 Å². The molecule has 1 aromatic carbocycles. The van der Waals surface area contributed by atoms with Crippen LogP contribution in [0.25, 0.3) is 21.3 Å². The molecule has 0 bridgehead atoms. The summed E-state index contributed by atoms with van der Waals surface area (Å²) < 4.78 is 0.916. The molecule has 0 fully saturated rings. The molecule has 2 N–H and O–H groups in total. The Kier molecular flexibility index (Phi) is 3.26. The van der Waals surface area contributed by atoms with Crippen molar-refractivity contribution < 1.29 is 5.11 Å². The molecule has 96 valence electrons. The van der Waals surface area contributed by atoms with Gasteiger partial charge in [-0.05, 0) is 29.6 Å². The summed E-state index contributed by atoms with van der Waals surface area (Å²) >= 11 is 4.91. The molecule has 0 aliphatic carbocycles. The number of hydrogen-bond donors (Lipinski definition) is 2. The van der Waals surface area contributed by atoms with E-state index < -0.39 is 0 Å². The van der Waals surface area contributed by atoms with Crippen molar-refractivity contribution in [3.05, 3.63) is 56.1 Å². The monoisotopic (exact) mass is 335 g/mol. The van der Waals surface area contributed by atoms with Crippen LogP contribution in [0.5, 0.6) is 0 Å². The van der Waals surface area contributed by atoms with Crippen molar-refractivity contribution in [1.82, 2.24) is 4.98 Å². The maximum absolute atomic E-state index is 12.2. The number of aromatic nitrogens is 1. The minimum atomic E-state index is -0.165. The van der Waals surface area contributed by atoms with Crippen molar-refractivity contribution in [2.75, 3.05) is 0 Å². The van der Waals surface area contributed by atoms with Gasteiger partial charge in [-0.1, -0.05) is 22.0 Å². The highest BCUT2D eigenvalue weighted by molar-refractivity contribution is 9.10. The minimum Gasteiger partial charge on any atom is -0.392 e. The van der Waals surface area contributed by atoms with Crippen LogP contribution in [0.2, 0.25) is 0 Å². The van der Waals surface area contributed by atoms with E-state index in [1.165, 1.54) is 11.3 Å². The number of benzene rings is 1. The van der Waals surface area contributed by atoms with Crippen LogP contribution in [0.1, 0.15) is 5.56 Å². The quantitative estimate of drug-likeness (QED) is 0.752.